The zero-order valence-corrected chi connectivity index (χ0v) is 13.2. The number of hydrogen-bond acceptors (Lipinski definition) is 2. The summed E-state index contributed by atoms with van der Waals surface area (Å²) in [5, 5.41) is 0. The molecule has 0 bridgehead atoms. The van der Waals surface area contributed by atoms with Crippen LogP contribution in [0.2, 0.25) is 0 Å². The van der Waals surface area contributed by atoms with Gasteiger partial charge in [-0.3, -0.25) is 11.3 Å². The van der Waals surface area contributed by atoms with Crippen molar-refractivity contribution in [3.05, 3.63) is 34.1 Å². The molecule has 0 aromatic heterocycles. The van der Waals surface area contributed by atoms with Crippen molar-refractivity contribution in [3.8, 4) is 0 Å². The number of benzene rings is 1. The molecule has 19 heavy (non-hydrogen) atoms. The van der Waals surface area contributed by atoms with E-state index >= 15 is 0 Å². The van der Waals surface area contributed by atoms with Crippen LogP contribution in [0.3, 0.4) is 0 Å². The van der Waals surface area contributed by atoms with Gasteiger partial charge >= 0.3 is 0 Å². The van der Waals surface area contributed by atoms with Crippen molar-refractivity contribution in [2.24, 2.45) is 5.84 Å². The maximum Gasteiger partial charge on any atom is 0.124 e. The van der Waals surface area contributed by atoms with E-state index in [9.17, 15) is 4.39 Å². The van der Waals surface area contributed by atoms with E-state index in [4.69, 9.17) is 5.84 Å². The molecule has 1 rings (SSSR count). The second-order valence-corrected chi connectivity index (χ2v) is 5.86. The topological polar surface area (TPSA) is 38.0 Å². The third-order valence-electron chi connectivity index (χ3n) is 3.37. The number of unbranched alkanes of at least 4 members (excludes halogenated alkanes) is 4. The number of hydrazine groups is 1. The van der Waals surface area contributed by atoms with Gasteiger partial charge in [0.25, 0.3) is 0 Å². The van der Waals surface area contributed by atoms with Gasteiger partial charge in [-0.25, -0.2) is 4.39 Å². The summed E-state index contributed by atoms with van der Waals surface area (Å²) in [7, 11) is 0. The molecule has 3 N–H and O–H groups in total. The van der Waals surface area contributed by atoms with Crippen LogP contribution in [0, 0.1) is 5.82 Å². The molecule has 0 saturated carbocycles. The lowest BCUT2D eigenvalue weighted by Crippen LogP contribution is -2.36. The van der Waals surface area contributed by atoms with Crippen LogP contribution in [0.25, 0.3) is 0 Å². The lowest BCUT2D eigenvalue weighted by atomic mass is 10.0. The molecule has 1 atom stereocenters. The number of rotatable bonds is 9. The molecule has 0 saturated heterocycles. The van der Waals surface area contributed by atoms with Gasteiger partial charge in [0, 0.05) is 10.5 Å². The Hall–Kier alpha value is -0.450. The highest BCUT2D eigenvalue weighted by molar-refractivity contribution is 9.10. The van der Waals surface area contributed by atoms with Crippen molar-refractivity contribution in [1.29, 1.82) is 0 Å². The van der Waals surface area contributed by atoms with Crippen LogP contribution in [0.15, 0.2) is 22.7 Å². The molecule has 0 fully saturated rings. The lowest BCUT2D eigenvalue weighted by Gasteiger charge is -2.16. The van der Waals surface area contributed by atoms with Gasteiger partial charge in [-0.1, -0.05) is 61.0 Å². The van der Waals surface area contributed by atoms with E-state index in [0.29, 0.717) is 0 Å². The fraction of sp³-hybridized carbons (Fsp3) is 0.600. The SMILES string of the molecule is CCCCCCCC(Cc1ccc(F)cc1Br)NN. The average Bonchev–Trinajstić information content (AvgIpc) is 2.39. The Balaban J connectivity index is 2.39. The number of hydrogen-bond donors (Lipinski definition) is 2. The smallest absolute Gasteiger partial charge is 0.124 e. The Morgan fingerprint density at radius 3 is 2.63 bits per heavy atom. The minimum Gasteiger partial charge on any atom is -0.271 e. The van der Waals surface area contributed by atoms with E-state index in [-0.39, 0.29) is 11.9 Å². The van der Waals surface area contributed by atoms with Crippen LogP contribution in [0.5, 0.6) is 0 Å². The fourth-order valence-corrected chi connectivity index (χ4v) is 2.70. The average molecular weight is 331 g/mol. The molecule has 0 heterocycles. The van der Waals surface area contributed by atoms with Crippen molar-refractivity contribution in [1.82, 2.24) is 5.43 Å². The highest BCUT2D eigenvalue weighted by Crippen LogP contribution is 2.20. The summed E-state index contributed by atoms with van der Waals surface area (Å²) in [6, 6.07) is 5.07. The number of nitrogens with two attached hydrogens (primary N) is 1. The summed E-state index contributed by atoms with van der Waals surface area (Å²) in [5.41, 5.74) is 3.96. The molecule has 0 radical (unpaired) electrons. The summed E-state index contributed by atoms with van der Waals surface area (Å²) < 4.78 is 13.8. The minimum atomic E-state index is -0.215. The van der Waals surface area contributed by atoms with E-state index in [1.165, 1.54) is 44.2 Å². The Kier molecular flexibility index (Phi) is 8.26. The molecular formula is C15H24BrFN2. The molecule has 0 aliphatic heterocycles. The van der Waals surface area contributed by atoms with Crippen LogP contribution in [0.4, 0.5) is 4.39 Å². The predicted octanol–water partition coefficient (Wildman–Crippen LogP) is 4.32. The summed E-state index contributed by atoms with van der Waals surface area (Å²) >= 11 is 3.40. The van der Waals surface area contributed by atoms with Gasteiger partial charge in [-0.05, 0) is 30.5 Å². The van der Waals surface area contributed by atoms with Crippen LogP contribution < -0.4 is 11.3 Å². The van der Waals surface area contributed by atoms with Crippen LogP contribution in [-0.2, 0) is 6.42 Å². The zero-order chi connectivity index (χ0) is 14.1. The van der Waals surface area contributed by atoms with Crippen molar-refractivity contribution in [2.45, 2.75) is 57.9 Å². The third-order valence-corrected chi connectivity index (χ3v) is 4.11. The molecule has 1 aromatic rings. The summed E-state index contributed by atoms with van der Waals surface area (Å²) in [6.07, 6.45) is 8.21. The van der Waals surface area contributed by atoms with Gasteiger partial charge in [0.2, 0.25) is 0 Å². The molecular weight excluding hydrogens is 307 g/mol. The zero-order valence-electron chi connectivity index (χ0n) is 11.6. The maximum absolute atomic E-state index is 13.0. The predicted molar refractivity (Wildman–Crippen MR) is 82.3 cm³/mol. The first-order valence-corrected chi connectivity index (χ1v) is 7.86. The van der Waals surface area contributed by atoms with Crippen LogP contribution >= 0.6 is 15.9 Å². The van der Waals surface area contributed by atoms with E-state index in [0.717, 1.165) is 22.9 Å². The van der Waals surface area contributed by atoms with Gasteiger partial charge in [-0.2, -0.15) is 0 Å². The first kappa shape index (κ1) is 16.6. The van der Waals surface area contributed by atoms with E-state index in [1.807, 2.05) is 6.07 Å². The van der Waals surface area contributed by atoms with Gasteiger partial charge in [0.1, 0.15) is 5.82 Å². The molecule has 2 nitrogen and oxygen atoms in total. The van der Waals surface area contributed by atoms with Gasteiger partial charge in [0.15, 0.2) is 0 Å². The van der Waals surface area contributed by atoms with Crippen molar-refractivity contribution < 1.29 is 4.39 Å². The van der Waals surface area contributed by atoms with Gasteiger partial charge in [-0.15, -0.1) is 0 Å². The number of halogens is 2. The highest BCUT2D eigenvalue weighted by Gasteiger charge is 2.10. The largest absolute Gasteiger partial charge is 0.271 e. The molecule has 0 aliphatic rings. The quantitative estimate of drug-likeness (QED) is 0.402. The fourth-order valence-electron chi connectivity index (χ4n) is 2.19. The van der Waals surface area contributed by atoms with E-state index in [2.05, 4.69) is 28.3 Å². The van der Waals surface area contributed by atoms with Gasteiger partial charge in [0.05, 0.1) is 0 Å². The molecule has 1 unspecified atom stereocenters. The van der Waals surface area contributed by atoms with Crippen molar-refractivity contribution >= 4 is 15.9 Å². The Morgan fingerprint density at radius 2 is 2.00 bits per heavy atom. The monoisotopic (exact) mass is 330 g/mol. The highest BCUT2D eigenvalue weighted by atomic mass is 79.9. The molecule has 4 heteroatoms. The molecule has 0 spiro atoms. The van der Waals surface area contributed by atoms with Crippen LogP contribution in [0.1, 0.15) is 51.0 Å². The molecule has 0 amide bonds. The molecule has 0 aliphatic carbocycles. The standard InChI is InChI=1S/C15H24BrFN2/c1-2-3-4-5-6-7-14(19-18)10-12-8-9-13(17)11-15(12)16/h8-9,11,14,19H,2-7,10,18H2,1H3. The summed E-state index contributed by atoms with van der Waals surface area (Å²) in [6.45, 7) is 2.22. The normalized spacial score (nSPS) is 12.6. The van der Waals surface area contributed by atoms with E-state index < -0.39 is 0 Å². The van der Waals surface area contributed by atoms with Crippen molar-refractivity contribution in [3.63, 3.8) is 0 Å². The first-order valence-electron chi connectivity index (χ1n) is 7.07. The number of nitrogens with one attached hydrogen (secondary N) is 1. The minimum absolute atomic E-state index is 0.215. The summed E-state index contributed by atoms with van der Waals surface area (Å²) in [4.78, 5) is 0. The lowest BCUT2D eigenvalue weighted by molar-refractivity contribution is 0.460. The maximum atomic E-state index is 13.0. The Labute approximate surface area is 124 Å². The second-order valence-electron chi connectivity index (χ2n) is 5.01. The molecule has 1 aromatic carbocycles. The third kappa shape index (κ3) is 6.50. The second kappa shape index (κ2) is 9.45. The Bertz CT molecular complexity index is 371. The van der Waals surface area contributed by atoms with Crippen LogP contribution in [-0.4, -0.2) is 6.04 Å². The molecule has 108 valence electrons. The Morgan fingerprint density at radius 1 is 1.26 bits per heavy atom. The van der Waals surface area contributed by atoms with Crippen molar-refractivity contribution in [2.75, 3.05) is 0 Å². The summed E-state index contributed by atoms with van der Waals surface area (Å²) in [5.74, 6) is 5.39. The first-order chi connectivity index (χ1) is 9.17. The van der Waals surface area contributed by atoms with Gasteiger partial charge < -0.3 is 0 Å². The van der Waals surface area contributed by atoms with E-state index in [1.54, 1.807) is 0 Å².